The van der Waals surface area contributed by atoms with E-state index >= 15 is 0 Å². The molecular weight excluding hydrogens is 442 g/mol. The maximum atomic E-state index is 12.9. The van der Waals surface area contributed by atoms with Crippen molar-refractivity contribution in [1.82, 2.24) is 14.6 Å². The normalized spacial score (nSPS) is 13.3. The van der Waals surface area contributed by atoms with Gasteiger partial charge in [0.2, 0.25) is 5.91 Å². The van der Waals surface area contributed by atoms with Crippen molar-refractivity contribution >= 4 is 17.5 Å². The van der Waals surface area contributed by atoms with Crippen LogP contribution in [0, 0.1) is 6.92 Å². The van der Waals surface area contributed by atoms with E-state index in [1.165, 1.54) is 22.4 Å². The molecule has 2 amide bonds. The highest BCUT2D eigenvalue weighted by Gasteiger charge is 2.29. The van der Waals surface area contributed by atoms with E-state index in [-0.39, 0.29) is 29.1 Å². The number of amides is 2. The standard InChI is InChI=1S/C27H29N5O3/c1-5-25(33)31-15-22(16-31)30-32-14-20(6-9-26(32)34)19-10-11-28-24(13-19)27(35)29-21-7-8-23(17(2)3)18(4)12-21/h5-14,17,22,30H,1,15-16H2,2-4H3,(H,29,35). The van der Waals surface area contributed by atoms with Gasteiger partial charge in [-0.1, -0.05) is 26.5 Å². The van der Waals surface area contributed by atoms with E-state index in [0.717, 1.165) is 16.7 Å². The number of nitrogens with zero attached hydrogens (tertiary/aromatic N) is 3. The van der Waals surface area contributed by atoms with Crippen LogP contribution in [0.25, 0.3) is 11.1 Å². The molecular formula is C27H29N5O3. The molecule has 35 heavy (non-hydrogen) atoms. The van der Waals surface area contributed by atoms with Gasteiger partial charge in [-0.25, -0.2) is 4.68 Å². The number of carbonyl (C=O) groups is 2. The van der Waals surface area contributed by atoms with Crippen molar-refractivity contribution in [3.63, 3.8) is 0 Å². The molecule has 2 aromatic heterocycles. The van der Waals surface area contributed by atoms with E-state index in [2.05, 4.69) is 36.2 Å². The van der Waals surface area contributed by atoms with E-state index in [4.69, 9.17) is 0 Å². The molecule has 2 N–H and O–H groups in total. The molecule has 0 radical (unpaired) electrons. The molecule has 8 nitrogen and oxygen atoms in total. The molecule has 0 saturated carbocycles. The highest BCUT2D eigenvalue weighted by Crippen LogP contribution is 2.23. The predicted octanol–water partition coefficient (Wildman–Crippen LogP) is 3.53. The van der Waals surface area contributed by atoms with Crippen LogP contribution in [0.1, 0.15) is 41.4 Å². The van der Waals surface area contributed by atoms with Gasteiger partial charge in [0.05, 0.1) is 6.04 Å². The fraction of sp³-hybridized carbons (Fsp3) is 0.259. The van der Waals surface area contributed by atoms with Crippen molar-refractivity contribution in [3.05, 3.63) is 94.7 Å². The number of aromatic nitrogens is 2. The highest BCUT2D eigenvalue weighted by atomic mass is 16.2. The van der Waals surface area contributed by atoms with Crippen molar-refractivity contribution in [2.24, 2.45) is 0 Å². The van der Waals surface area contributed by atoms with E-state index in [0.29, 0.717) is 24.7 Å². The van der Waals surface area contributed by atoms with Gasteiger partial charge in [0.25, 0.3) is 11.5 Å². The predicted molar refractivity (Wildman–Crippen MR) is 137 cm³/mol. The van der Waals surface area contributed by atoms with Crippen LogP contribution in [-0.2, 0) is 4.79 Å². The number of rotatable bonds is 7. The summed E-state index contributed by atoms with van der Waals surface area (Å²) in [6.45, 7) is 10.8. The number of carbonyl (C=O) groups excluding carboxylic acids is 2. The third kappa shape index (κ3) is 5.32. The lowest BCUT2D eigenvalue weighted by atomic mass is 9.97. The topological polar surface area (TPSA) is 96.3 Å². The lowest BCUT2D eigenvalue weighted by Crippen LogP contribution is -2.59. The van der Waals surface area contributed by atoms with Gasteiger partial charge in [-0.3, -0.25) is 19.4 Å². The number of pyridine rings is 2. The van der Waals surface area contributed by atoms with Crippen molar-refractivity contribution in [1.29, 1.82) is 0 Å². The molecule has 8 heteroatoms. The van der Waals surface area contributed by atoms with E-state index in [9.17, 15) is 14.4 Å². The molecule has 180 valence electrons. The van der Waals surface area contributed by atoms with Crippen LogP contribution in [-0.4, -0.2) is 45.5 Å². The largest absolute Gasteiger partial charge is 0.335 e. The second-order valence-corrected chi connectivity index (χ2v) is 9.01. The zero-order valence-electron chi connectivity index (χ0n) is 20.1. The van der Waals surface area contributed by atoms with Crippen LogP contribution in [0.4, 0.5) is 5.69 Å². The van der Waals surface area contributed by atoms with Gasteiger partial charge in [-0.05, 0) is 65.9 Å². The Labute approximate surface area is 204 Å². The summed E-state index contributed by atoms with van der Waals surface area (Å²) in [6, 6.07) is 12.5. The zero-order chi connectivity index (χ0) is 25.1. The first kappa shape index (κ1) is 23.9. The molecule has 1 aliphatic heterocycles. The Hall–Kier alpha value is -4.20. The number of likely N-dealkylation sites (tertiary alicyclic amines) is 1. The van der Waals surface area contributed by atoms with Crippen LogP contribution in [0.5, 0.6) is 0 Å². The minimum atomic E-state index is -0.309. The van der Waals surface area contributed by atoms with Gasteiger partial charge in [0.1, 0.15) is 5.69 Å². The number of aryl methyl sites for hydroxylation is 1. The summed E-state index contributed by atoms with van der Waals surface area (Å²) in [5.74, 6) is -0.0251. The Kier molecular flexibility index (Phi) is 6.82. The third-order valence-corrected chi connectivity index (χ3v) is 6.08. The molecule has 1 fully saturated rings. The molecule has 0 atom stereocenters. The lowest BCUT2D eigenvalue weighted by molar-refractivity contribution is -0.129. The zero-order valence-corrected chi connectivity index (χ0v) is 20.1. The van der Waals surface area contributed by atoms with Gasteiger partial charge in [0, 0.05) is 42.8 Å². The summed E-state index contributed by atoms with van der Waals surface area (Å²) >= 11 is 0. The SMILES string of the molecule is C=CC(=O)N1CC(Nn2cc(-c3ccnc(C(=O)Nc4ccc(C(C)C)c(C)c4)c3)ccc2=O)C1. The summed E-state index contributed by atoms with van der Waals surface area (Å²) in [6.07, 6.45) is 4.54. The lowest BCUT2D eigenvalue weighted by Gasteiger charge is -2.39. The van der Waals surface area contributed by atoms with Crippen molar-refractivity contribution < 1.29 is 9.59 Å². The quantitative estimate of drug-likeness (QED) is 0.514. The fourth-order valence-corrected chi connectivity index (χ4v) is 4.16. The molecule has 0 aliphatic carbocycles. The molecule has 1 aromatic carbocycles. The molecule has 0 unspecified atom stereocenters. The van der Waals surface area contributed by atoms with E-state index < -0.39 is 0 Å². The Bertz CT molecular complexity index is 1340. The summed E-state index contributed by atoms with van der Waals surface area (Å²) in [7, 11) is 0. The Balaban J connectivity index is 1.49. The van der Waals surface area contributed by atoms with Crippen molar-refractivity contribution in [2.45, 2.75) is 32.7 Å². The van der Waals surface area contributed by atoms with Crippen LogP contribution in [0.2, 0.25) is 0 Å². The number of benzene rings is 1. The van der Waals surface area contributed by atoms with Gasteiger partial charge in [-0.2, -0.15) is 0 Å². The molecule has 0 spiro atoms. The van der Waals surface area contributed by atoms with E-state index in [1.54, 1.807) is 35.5 Å². The summed E-state index contributed by atoms with van der Waals surface area (Å²) < 4.78 is 1.41. The summed E-state index contributed by atoms with van der Waals surface area (Å²) in [4.78, 5) is 42.7. The highest BCUT2D eigenvalue weighted by molar-refractivity contribution is 6.03. The first-order valence-electron chi connectivity index (χ1n) is 11.5. The molecule has 3 aromatic rings. The first-order valence-corrected chi connectivity index (χ1v) is 11.5. The second-order valence-electron chi connectivity index (χ2n) is 9.01. The molecule has 1 saturated heterocycles. The minimum Gasteiger partial charge on any atom is -0.335 e. The van der Waals surface area contributed by atoms with Gasteiger partial charge in [0.15, 0.2) is 0 Å². The minimum absolute atomic E-state index is 0.0313. The number of anilines is 1. The summed E-state index contributed by atoms with van der Waals surface area (Å²) in [5.41, 5.74) is 7.78. The van der Waals surface area contributed by atoms with Crippen LogP contribution in [0.3, 0.4) is 0 Å². The Morgan fingerprint density at radius 1 is 1.11 bits per heavy atom. The summed E-state index contributed by atoms with van der Waals surface area (Å²) in [5, 5.41) is 2.92. The molecule has 3 heterocycles. The Morgan fingerprint density at radius 3 is 2.57 bits per heavy atom. The van der Waals surface area contributed by atoms with Crippen LogP contribution in [0.15, 0.2) is 72.3 Å². The third-order valence-electron chi connectivity index (χ3n) is 6.08. The van der Waals surface area contributed by atoms with E-state index in [1.807, 2.05) is 25.1 Å². The van der Waals surface area contributed by atoms with Crippen LogP contribution < -0.4 is 16.3 Å². The second kappa shape index (κ2) is 9.97. The maximum Gasteiger partial charge on any atom is 0.274 e. The van der Waals surface area contributed by atoms with Gasteiger partial charge >= 0.3 is 0 Å². The first-order chi connectivity index (χ1) is 16.7. The number of hydrogen-bond acceptors (Lipinski definition) is 5. The number of hydrogen-bond donors (Lipinski definition) is 2. The van der Waals surface area contributed by atoms with Crippen LogP contribution >= 0.6 is 0 Å². The molecule has 4 rings (SSSR count). The molecule has 1 aliphatic rings. The van der Waals surface area contributed by atoms with Gasteiger partial charge < -0.3 is 15.6 Å². The maximum absolute atomic E-state index is 12.9. The Morgan fingerprint density at radius 2 is 1.89 bits per heavy atom. The monoisotopic (exact) mass is 471 g/mol. The smallest absolute Gasteiger partial charge is 0.274 e. The van der Waals surface area contributed by atoms with Crippen molar-refractivity contribution in [2.75, 3.05) is 23.8 Å². The molecule has 0 bridgehead atoms. The fourth-order valence-electron chi connectivity index (χ4n) is 4.16. The average Bonchev–Trinajstić information content (AvgIpc) is 2.81. The average molecular weight is 472 g/mol. The number of nitrogens with one attached hydrogen (secondary N) is 2. The van der Waals surface area contributed by atoms with Gasteiger partial charge in [-0.15, -0.1) is 0 Å². The van der Waals surface area contributed by atoms with Crippen molar-refractivity contribution in [3.8, 4) is 11.1 Å².